The summed E-state index contributed by atoms with van der Waals surface area (Å²) >= 11 is 6.30. The van der Waals surface area contributed by atoms with Crippen LogP contribution in [0.4, 0.5) is 14.6 Å². The Morgan fingerprint density at radius 3 is 3.00 bits per heavy atom. The summed E-state index contributed by atoms with van der Waals surface area (Å²) < 4.78 is 24.8. The van der Waals surface area contributed by atoms with Crippen LogP contribution in [0.5, 0.6) is 0 Å². The molecule has 1 aliphatic rings. The van der Waals surface area contributed by atoms with Crippen LogP contribution in [0.15, 0.2) is 24.5 Å². The predicted octanol–water partition coefficient (Wildman–Crippen LogP) is 3.60. The molecule has 3 heterocycles. The number of piperidine rings is 1. The monoisotopic (exact) mass is 394 g/mol. The molecule has 6 nitrogen and oxygen atoms in total. The molecule has 1 aliphatic heterocycles. The molecule has 1 fully saturated rings. The Kier molecular flexibility index (Phi) is 6.18. The molecule has 0 aromatic carbocycles. The molecule has 0 aliphatic carbocycles. The van der Waals surface area contributed by atoms with E-state index in [0.717, 1.165) is 43.4 Å². The molecule has 0 amide bonds. The fraction of sp³-hybridized carbons (Fsp3) is 0.389. The van der Waals surface area contributed by atoms with Crippen molar-refractivity contribution in [2.75, 3.05) is 24.5 Å². The topological polar surface area (TPSA) is 94.7 Å². The summed E-state index contributed by atoms with van der Waals surface area (Å²) in [7, 11) is 0. The highest BCUT2D eigenvalue weighted by molar-refractivity contribution is 6.33. The summed E-state index contributed by atoms with van der Waals surface area (Å²) in [4.78, 5) is 13.8. The van der Waals surface area contributed by atoms with Gasteiger partial charge in [-0.1, -0.05) is 11.6 Å². The number of imidazole rings is 1. The Morgan fingerprint density at radius 2 is 2.26 bits per heavy atom. The molecule has 1 saturated heterocycles. The minimum atomic E-state index is -2.81. The molecular formula is C18H21ClF2N6. The van der Waals surface area contributed by atoms with Crippen LogP contribution in [-0.2, 0) is 0 Å². The van der Waals surface area contributed by atoms with E-state index in [4.69, 9.17) is 22.7 Å². The molecule has 2 aromatic rings. The predicted molar refractivity (Wildman–Crippen MR) is 104 cm³/mol. The minimum Gasteiger partial charge on any atom is -0.356 e. The minimum absolute atomic E-state index is 0.367. The molecule has 9 heteroatoms. The standard InChI is InChI=1S/C18H21ClF2N6/c19-13-8-25-17(27-5-1-2-11(7-22)10-27)6-12(13)15-9-24-16(26-15)4-3-14(23)18(20)21/h3-4,6,8-9,11,18,23H,1-2,5,7,10,22H2,(H,24,26)/b4-3-,23-14?. The van der Waals surface area contributed by atoms with Gasteiger partial charge in [0, 0.05) is 24.8 Å². The Bertz CT molecular complexity index is 835. The van der Waals surface area contributed by atoms with Crippen LogP contribution in [0.25, 0.3) is 17.3 Å². The van der Waals surface area contributed by atoms with Crippen LogP contribution in [-0.4, -0.2) is 46.7 Å². The van der Waals surface area contributed by atoms with Crippen LogP contribution in [0, 0.1) is 11.3 Å². The summed E-state index contributed by atoms with van der Waals surface area (Å²) in [5.41, 5.74) is 6.42. The second kappa shape index (κ2) is 8.58. The maximum absolute atomic E-state index is 12.4. The number of halogens is 3. The van der Waals surface area contributed by atoms with Crippen molar-refractivity contribution in [3.05, 3.63) is 35.4 Å². The molecule has 2 aromatic heterocycles. The van der Waals surface area contributed by atoms with E-state index in [0.29, 0.717) is 29.0 Å². The second-order valence-electron chi connectivity index (χ2n) is 6.48. The Morgan fingerprint density at radius 1 is 1.44 bits per heavy atom. The van der Waals surface area contributed by atoms with Crippen molar-refractivity contribution in [1.82, 2.24) is 15.0 Å². The van der Waals surface area contributed by atoms with Gasteiger partial charge in [-0.05, 0) is 43.5 Å². The molecule has 0 spiro atoms. The zero-order valence-electron chi connectivity index (χ0n) is 14.6. The number of H-pyrrole nitrogens is 1. The molecule has 4 N–H and O–H groups in total. The number of rotatable bonds is 6. The third kappa shape index (κ3) is 4.70. The van der Waals surface area contributed by atoms with Gasteiger partial charge < -0.3 is 15.6 Å². The van der Waals surface area contributed by atoms with E-state index in [1.807, 2.05) is 6.07 Å². The van der Waals surface area contributed by atoms with E-state index in [-0.39, 0.29) is 0 Å². The number of alkyl halides is 2. The first-order valence-electron chi connectivity index (χ1n) is 8.68. The molecule has 144 valence electrons. The van der Waals surface area contributed by atoms with Crippen LogP contribution in [0.3, 0.4) is 0 Å². The molecule has 0 bridgehead atoms. The van der Waals surface area contributed by atoms with Crippen LogP contribution >= 0.6 is 11.6 Å². The third-order valence-electron chi connectivity index (χ3n) is 4.56. The van der Waals surface area contributed by atoms with Gasteiger partial charge in [0.15, 0.2) is 0 Å². The average Bonchev–Trinajstić information content (AvgIpc) is 3.15. The number of nitrogens with two attached hydrogens (primary N) is 1. The van der Waals surface area contributed by atoms with Gasteiger partial charge in [0.25, 0.3) is 6.43 Å². The Labute approximate surface area is 161 Å². The lowest BCUT2D eigenvalue weighted by molar-refractivity contribution is 0.226. The fourth-order valence-corrected chi connectivity index (χ4v) is 3.28. The quantitative estimate of drug-likeness (QED) is 0.652. The lowest BCUT2D eigenvalue weighted by atomic mass is 9.98. The summed E-state index contributed by atoms with van der Waals surface area (Å²) in [6.45, 7) is 2.43. The van der Waals surface area contributed by atoms with Crippen LogP contribution in [0.2, 0.25) is 5.02 Å². The third-order valence-corrected chi connectivity index (χ3v) is 4.86. The molecule has 1 atom stereocenters. The summed E-state index contributed by atoms with van der Waals surface area (Å²) in [6.07, 6.45) is 4.91. The van der Waals surface area contributed by atoms with Gasteiger partial charge in [0.1, 0.15) is 11.6 Å². The Balaban J connectivity index is 1.82. The van der Waals surface area contributed by atoms with Gasteiger partial charge in [-0.25, -0.2) is 18.7 Å². The van der Waals surface area contributed by atoms with Gasteiger partial charge in [-0.3, -0.25) is 5.41 Å². The van der Waals surface area contributed by atoms with E-state index in [1.165, 1.54) is 6.08 Å². The smallest absolute Gasteiger partial charge is 0.279 e. The van der Waals surface area contributed by atoms with Crippen LogP contribution in [0.1, 0.15) is 18.7 Å². The molecule has 0 radical (unpaired) electrons. The first kappa shape index (κ1) is 19.4. The maximum atomic E-state index is 12.4. The van der Waals surface area contributed by atoms with Crippen molar-refractivity contribution in [2.24, 2.45) is 11.7 Å². The Hall–Kier alpha value is -2.32. The van der Waals surface area contributed by atoms with E-state index in [1.54, 1.807) is 12.4 Å². The average molecular weight is 395 g/mol. The van der Waals surface area contributed by atoms with E-state index in [9.17, 15) is 8.78 Å². The SMILES string of the molecule is N=C(/C=C\c1ncc(-c2cc(N3CCCC(CN)C3)ncc2Cl)[nH]1)C(F)F. The first-order valence-corrected chi connectivity index (χ1v) is 9.06. The summed E-state index contributed by atoms with van der Waals surface area (Å²) in [5.74, 6) is 1.64. The van der Waals surface area contributed by atoms with Crippen molar-refractivity contribution in [1.29, 1.82) is 5.41 Å². The molecule has 0 saturated carbocycles. The number of nitrogens with zero attached hydrogens (tertiary/aromatic N) is 3. The van der Waals surface area contributed by atoms with Gasteiger partial charge in [-0.15, -0.1) is 0 Å². The van der Waals surface area contributed by atoms with Gasteiger partial charge in [-0.2, -0.15) is 0 Å². The summed E-state index contributed by atoms with van der Waals surface area (Å²) in [5, 5.41) is 7.61. The highest BCUT2D eigenvalue weighted by atomic mass is 35.5. The number of nitrogens with one attached hydrogen (secondary N) is 2. The van der Waals surface area contributed by atoms with Crippen molar-refractivity contribution in [3.63, 3.8) is 0 Å². The van der Waals surface area contributed by atoms with Gasteiger partial charge in [0.2, 0.25) is 0 Å². The molecule has 27 heavy (non-hydrogen) atoms. The highest BCUT2D eigenvalue weighted by Gasteiger charge is 2.21. The number of hydrogen-bond acceptors (Lipinski definition) is 5. The van der Waals surface area contributed by atoms with Crippen molar-refractivity contribution in [3.8, 4) is 11.3 Å². The zero-order valence-corrected chi connectivity index (χ0v) is 15.4. The van der Waals surface area contributed by atoms with Gasteiger partial charge in [0.05, 0.1) is 22.6 Å². The number of pyridine rings is 1. The largest absolute Gasteiger partial charge is 0.356 e. The van der Waals surface area contributed by atoms with Crippen molar-refractivity contribution < 1.29 is 8.78 Å². The van der Waals surface area contributed by atoms with Crippen molar-refractivity contribution in [2.45, 2.75) is 19.3 Å². The number of aromatic nitrogens is 3. The maximum Gasteiger partial charge on any atom is 0.279 e. The number of allylic oxidation sites excluding steroid dienone is 1. The van der Waals surface area contributed by atoms with Gasteiger partial charge >= 0.3 is 0 Å². The molecule has 3 rings (SSSR count). The molecular weight excluding hydrogens is 374 g/mol. The fourth-order valence-electron chi connectivity index (χ4n) is 3.07. The van der Waals surface area contributed by atoms with E-state index >= 15 is 0 Å². The summed E-state index contributed by atoms with van der Waals surface area (Å²) in [6, 6.07) is 1.89. The highest BCUT2D eigenvalue weighted by Crippen LogP contribution is 2.31. The van der Waals surface area contributed by atoms with E-state index in [2.05, 4.69) is 19.9 Å². The van der Waals surface area contributed by atoms with Crippen molar-refractivity contribution >= 4 is 29.2 Å². The number of hydrogen-bond donors (Lipinski definition) is 3. The number of anilines is 1. The first-order chi connectivity index (χ1) is 13.0. The lowest BCUT2D eigenvalue weighted by Gasteiger charge is -2.33. The van der Waals surface area contributed by atoms with E-state index < -0.39 is 12.1 Å². The normalized spacial score (nSPS) is 17.8. The second-order valence-corrected chi connectivity index (χ2v) is 6.89. The molecule has 1 unspecified atom stereocenters. The lowest BCUT2D eigenvalue weighted by Crippen LogP contribution is -2.38. The number of aromatic amines is 1. The zero-order chi connectivity index (χ0) is 19.4. The van der Waals surface area contributed by atoms with Crippen LogP contribution < -0.4 is 10.6 Å².